The van der Waals surface area contributed by atoms with Crippen molar-refractivity contribution >= 4 is 0 Å². The van der Waals surface area contributed by atoms with Crippen LogP contribution in [0.15, 0.2) is 18.2 Å². The molecule has 1 saturated carbocycles. The molecule has 0 saturated heterocycles. The minimum absolute atomic E-state index is 0.197. The average Bonchev–Trinajstić information content (AvgIpc) is 2.30. The molecule has 2 N–H and O–H groups in total. The highest BCUT2D eigenvalue weighted by Gasteiger charge is 2.20. The molecule has 2 unspecified atom stereocenters. The maximum atomic E-state index is 5.93. The molecule has 2 atom stereocenters. The Hall–Kier alpha value is -1.29. The summed E-state index contributed by atoms with van der Waals surface area (Å²) in [7, 11) is 0. The highest BCUT2D eigenvalue weighted by molar-refractivity contribution is 5.20. The summed E-state index contributed by atoms with van der Waals surface area (Å²) < 4.78 is 11.2. The monoisotopic (exact) mass is 236 g/mol. The third kappa shape index (κ3) is 3.60. The summed E-state index contributed by atoms with van der Waals surface area (Å²) in [5.41, 5.74) is 5.93. The first-order valence-corrected chi connectivity index (χ1v) is 6.30. The van der Waals surface area contributed by atoms with E-state index in [1.54, 1.807) is 0 Å². The quantitative estimate of drug-likeness (QED) is 0.870. The Labute approximate surface area is 102 Å². The van der Waals surface area contributed by atoms with Gasteiger partial charge in [0.2, 0.25) is 11.8 Å². The molecule has 94 valence electrons. The molecule has 4 nitrogen and oxygen atoms in total. The van der Waals surface area contributed by atoms with Crippen LogP contribution >= 0.6 is 0 Å². The highest BCUT2D eigenvalue weighted by Crippen LogP contribution is 2.22. The Balaban J connectivity index is 1.95. The van der Waals surface area contributed by atoms with Crippen molar-refractivity contribution in [2.45, 2.75) is 44.8 Å². The van der Waals surface area contributed by atoms with Crippen molar-refractivity contribution in [3.8, 4) is 11.8 Å². The van der Waals surface area contributed by atoms with E-state index in [1.807, 2.05) is 25.1 Å². The summed E-state index contributed by atoms with van der Waals surface area (Å²) in [5.74, 6) is 1.25. The van der Waals surface area contributed by atoms with Crippen LogP contribution in [0.5, 0.6) is 11.8 Å². The summed E-state index contributed by atoms with van der Waals surface area (Å²) in [6.45, 7) is 2.56. The van der Waals surface area contributed by atoms with Crippen LogP contribution in [0.1, 0.15) is 32.6 Å². The Morgan fingerprint density at radius 1 is 1.35 bits per heavy atom. The summed E-state index contributed by atoms with van der Waals surface area (Å²) in [5, 5.41) is 0. The zero-order valence-electron chi connectivity index (χ0n) is 10.3. The second kappa shape index (κ2) is 5.87. The Morgan fingerprint density at radius 2 is 2.18 bits per heavy atom. The van der Waals surface area contributed by atoms with Crippen LogP contribution in [-0.2, 0) is 0 Å². The first kappa shape index (κ1) is 12.2. The third-order valence-corrected chi connectivity index (χ3v) is 2.94. The van der Waals surface area contributed by atoms with E-state index in [1.165, 1.54) is 0 Å². The van der Waals surface area contributed by atoms with E-state index in [-0.39, 0.29) is 12.1 Å². The van der Waals surface area contributed by atoms with Crippen LogP contribution in [0, 0.1) is 0 Å². The highest BCUT2D eigenvalue weighted by atomic mass is 16.5. The molecule has 1 aromatic rings. The predicted octanol–water partition coefficient (Wildman–Crippen LogP) is 2.13. The number of hydrogen-bond acceptors (Lipinski definition) is 4. The van der Waals surface area contributed by atoms with Crippen LogP contribution in [0.25, 0.3) is 0 Å². The number of pyridine rings is 1. The van der Waals surface area contributed by atoms with Crippen LogP contribution in [0.3, 0.4) is 0 Å². The maximum Gasteiger partial charge on any atom is 0.216 e. The van der Waals surface area contributed by atoms with Gasteiger partial charge in [0.05, 0.1) is 6.61 Å². The van der Waals surface area contributed by atoms with Gasteiger partial charge in [-0.3, -0.25) is 0 Å². The molecule has 4 heteroatoms. The molecule has 0 amide bonds. The lowest BCUT2D eigenvalue weighted by molar-refractivity contribution is 0.137. The topological polar surface area (TPSA) is 57.4 Å². The van der Waals surface area contributed by atoms with Crippen molar-refractivity contribution in [2.24, 2.45) is 5.73 Å². The number of aromatic nitrogens is 1. The third-order valence-electron chi connectivity index (χ3n) is 2.94. The standard InChI is InChI=1S/C13H20N2O2/c1-2-16-12-7-4-8-13(15-12)17-11-6-3-5-10(14)9-11/h4,7-8,10-11H,2-3,5-6,9,14H2,1H3. The van der Waals surface area contributed by atoms with Crippen LogP contribution in [0.4, 0.5) is 0 Å². The normalized spacial score (nSPS) is 24.4. The van der Waals surface area contributed by atoms with Crippen LogP contribution < -0.4 is 15.2 Å². The molecule has 1 fully saturated rings. The fourth-order valence-corrected chi connectivity index (χ4v) is 2.15. The Morgan fingerprint density at radius 3 is 2.94 bits per heavy atom. The summed E-state index contributed by atoms with van der Waals surface area (Å²) in [6.07, 6.45) is 4.42. The minimum Gasteiger partial charge on any atom is -0.478 e. The SMILES string of the molecule is CCOc1cccc(OC2CCCC(N)C2)n1. The fraction of sp³-hybridized carbons (Fsp3) is 0.615. The second-order valence-corrected chi connectivity index (χ2v) is 4.41. The van der Waals surface area contributed by atoms with Gasteiger partial charge in [-0.25, -0.2) is 0 Å². The van der Waals surface area contributed by atoms with Crippen molar-refractivity contribution < 1.29 is 9.47 Å². The van der Waals surface area contributed by atoms with Crippen molar-refractivity contribution in [1.82, 2.24) is 4.98 Å². The minimum atomic E-state index is 0.197. The van der Waals surface area contributed by atoms with E-state index in [0.29, 0.717) is 18.4 Å². The van der Waals surface area contributed by atoms with Crippen LogP contribution in [-0.4, -0.2) is 23.7 Å². The molecule has 0 aliphatic heterocycles. The van der Waals surface area contributed by atoms with Gasteiger partial charge in [0, 0.05) is 18.2 Å². The summed E-state index contributed by atoms with van der Waals surface area (Å²) in [6, 6.07) is 5.87. The molecule has 0 bridgehead atoms. The summed E-state index contributed by atoms with van der Waals surface area (Å²) in [4.78, 5) is 4.30. The van der Waals surface area contributed by atoms with E-state index < -0.39 is 0 Å². The molecule has 17 heavy (non-hydrogen) atoms. The van der Waals surface area contributed by atoms with Gasteiger partial charge in [-0.1, -0.05) is 6.07 Å². The first-order chi connectivity index (χ1) is 8.28. The first-order valence-electron chi connectivity index (χ1n) is 6.30. The fourth-order valence-electron chi connectivity index (χ4n) is 2.15. The van der Waals surface area contributed by atoms with E-state index in [2.05, 4.69) is 4.98 Å². The van der Waals surface area contributed by atoms with Crippen LogP contribution in [0.2, 0.25) is 0 Å². The molecule has 1 aliphatic carbocycles. The number of hydrogen-bond donors (Lipinski definition) is 1. The van der Waals surface area contributed by atoms with Crippen molar-refractivity contribution in [2.75, 3.05) is 6.61 Å². The zero-order valence-corrected chi connectivity index (χ0v) is 10.3. The largest absolute Gasteiger partial charge is 0.478 e. The Bertz CT molecular complexity index is 357. The van der Waals surface area contributed by atoms with Gasteiger partial charge in [-0.15, -0.1) is 0 Å². The van der Waals surface area contributed by atoms with Gasteiger partial charge in [-0.2, -0.15) is 4.98 Å². The maximum absolute atomic E-state index is 5.93. The van der Waals surface area contributed by atoms with Gasteiger partial charge in [-0.05, 0) is 32.6 Å². The smallest absolute Gasteiger partial charge is 0.216 e. The molecule has 0 aromatic carbocycles. The number of nitrogens with two attached hydrogens (primary N) is 1. The van der Waals surface area contributed by atoms with Crippen molar-refractivity contribution in [3.63, 3.8) is 0 Å². The van der Waals surface area contributed by atoms with E-state index in [0.717, 1.165) is 25.7 Å². The predicted molar refractivity (Wildman–Crippen MR) is 66.3 cm³/mol. The molecule has 1 aromatic heterocycles. The number of ether oxygens (including phenoxy) is 2. The van der Waals surface area contributed by atoms with Crippen molar-refractivity contribution in [3.05, 3.63) is 18.2 Å². The van der Waals surface area contributed by atoms with Gasteiger partial charge < -0.3 is 15.2 Å². The molecule has 2 rings (SSSR count). The van der Waals surface area contributed by atoms with Gasteiger partial charge >= 0.3 is 0 Å². The second-order valence-electron chi connectivity index (χ2n) is 4.41. The lowest BCUT2D eigenvalue weighted by Gasteiger charge is -2.26. The van der Waals surface area contributed by atoms with Gasteiger partial charge in [0.25, 0.3) is 0 Å². The molecular weight excluding hydrogens is 216 g/mol. The average molecular weight is 236 g/mol. The molecule has 1 aliphatic rings. The number of nitrogens with zero attached hydrogens (tertiary/aromatic N) is 1. The van der Waals surface area contributed by atoms with E-state index in [9.17, 15) is 0 Å². The van der Waals surface area contributed by atoms with Gasteiger partial charge in [0.1, 0.15) is 6.10 Å². The van der Waals surface area contributed by atoms with Crippen molar-refractivity contribution in [1.29, 1.82) is 0 Å². The molecular formula is C13H20N2O2. The van der Waals surface area contributed by atoms with Gasteiger partial charge in [0.15, 0.2) is 0 Å². The van der Waals surface area contributed by atoms with E-state index >= 15 is 0 Å². The lowest BCUT2D eigenvalue weighted by atomic mass is 9.94. The lowest BCUT2D eigenvalue weighted by Crippen LogP contribution is -2.33. The molecule has 0 spiro atoms. The van der Waals surface area contributed by atoms with E-state index in [4.69, 9.17) is 15.2 Å². The molecule has 1 heterocycles. The zero-order chi connectivity index (χ0) is 12.1. The molecule has 0 radical (unpaired) electrons. The number of rotatable bonds is 4. The summed E-state index contributed by atoms with van der Waals surface area (Å²) >= 11 is 0. The Kier molecular flexibility index (Phi) is 4.20.